The molecule has 1 aliphatic heterocycles. The molecule has 0 aromatic heterocycles. The number of nitrogens with one attached hydrogen (secondary N) is 1. The van der Waals surface area contributed by atoms with E-state index in [1.165, 1.54) is 31.2 Å². The zero-order chi connectivity index (χ0) is 19.1. The summed E-state index contributed by atoms with van der Waals surface area (Å²) in [6.45, 7) is 2.97. The van der Waals surface area contributed by atoms with Crippen molar-refractivity contribution < 1.29 is 24.2 Å². The van der Waals surface area contributed by atoms with Crippen LogP contribution in [0.4, 0.5) is 0 Å². The standard InChI is InChI=1S/C19H22N2O5/c1-12(10-16(22)14-4-2-13(11-20)3-5-14)17(23)18(19(24)25)26-15-6-8-21-9-7-15/h2-5,12,15,18,21H,6-10H2,1H3,(H,24,25). The number of carbonyl (C=O) groups excluding carboxylic acids is 2. The maximum atomic E-state index is 12.5. The number of rotatable bonds is 8. The lowest BCUT2D eigenvalue weighted by atomic mass is 9.93. The first kappa shape index (κ1) is 19.8. The highest BCUT2D eigenvalue weighted by atomic mass is 16.5. The van der Waals surface area contributed by atoms with Gasteiger partial charge in [0.1, 0.15) is 0 Å². The molecule has 1 saturated heterocycles. The van der Waals surface area contributed by atoms with Crippen LogP contribution < -0.4 is 5.32 Å². The van der Waals surface area contributed by atoms with Crippen LogP contribution in [0.25, 0.3) is 0 Å². The third-order valence-corrected chi connectivity index (χ3v) is 4.41. The predicted molar refractivity (Wildman–Crippen MR) is 92.7 cm³/mol. The summed E-state index contributed by atoms with van der Waals surface area (Å²) in [7, 11) is 0. The predicted octanol–water partition coefficient (Wildman–Crippen LogP) is 1.56. The van der Waals surface area contributed by atoms with Crippen molar-refractivity contribution in [3.8, 4) is 6.07 Å². The zero-order valence-corrected chi connectivity index (χ0v) is 14.6. The summed E-state index contributed by atoms with van der Waals surface area (Å²) in [6.07, 6.45) is -0.639. The summed E-state index contributed by atoms with van der Waals surface area (Å²) in [4.78, 5) is 36.3. The number of aliphatic carboxylic acids is 1. The Labute approximate surface area is 152 Å². The van der Waals surface area contributed by atoms with Crippen LogP contribution in [0.3, 0.4) is 0 Å². The quantitative estimate of drug-likeness (QED) is 0.535. The molecule has 26 heavy (non-hydrogen) atoms. The second-order valence-electron chi connectivity index (χ2n) is 6.42. The highest BCUT2D eigenvalue weighted by Crippen LogP contribution is 2.18. The van der Waals surface area contributed by atoms with Crippen molar-refractivity contribution in [2.45, 2.75) is 38.4 Å². The Morgan fingerprint density at radius 1 is 1.27 bits per heavy atom. The maximum absolute atomic E-state index is 12.5. The van der Waals surface area contributed by atoms with Gasteiger partial charge in [-0.05, 0) is 38.1 Å². The van der Waals surface area contributed by atoms with Crippen molar-refractivity contribution in [2.75, 3.05) is 13.1 Å². The summed E-state index contributed by atoms with van der Waals surface area (Å²) in [5.74, 6) is -2.98. The first-order chi connectivity index (χ1) is 12.4. The highest BCUT2D eigenvalue weighted by molar-refractivity contribution is 6.05. The Bertz CT molecular complexity index is 702. The largest absolute Gasteiger partial charge is 0.479 e. The van der Waals surface area contributed by atoms with Crippen molar-refractivity contribution in [1.29, 1.82) is 5.26 Å². The Hall–Kier alpha value is -2.56. The molecule has 1 aromatic rings. The molecule has 0 saturated carbocycles. The van der Waals surface area contributed by atoms with Crippen LogP contribution in [0.1, 0.15) is 42.1 Å². The molecule has 1 aromatic carbocycles. The van der Waals surface area contributed by atoms with Crippen molar-refractivity contribution in [3.05, 3.63) is 35.4 Å². The topological polar surface area (TPSA) is 116 Å². The van der Waals surface area contributed by atoms with Gasteiger partial charge in [-0.1, -0.05) is 19.1 Å². The van der Waals surface area contributed by atoms with Gasteiger partial charge in [-0.15, -0.1) is 0 Å². The Morgan fingerprint density at radius 3 is 2.42 bits per heavy atom. The minimum absolute atomic E-state index is 0.107. The minimum atomic E-state index is -1.55. The number of piperidine rings is 1. The zero-order valence-electron chi connectivity index (χ0n) is 14.6. The molecule has 7 heteroatoms. The van der Waals surface area contributed by atoms with E-state index in [-0.39, 0.29) is 18.3 Å². The molecular weight excluding hydrogens is 336 g/mol. The molecular formula is C19H22N2O5. The lowest BCUT2D eigenvalue weighted by Crippen LogP contribution is -2.42. The van der Waals surface area contributed by atoms with Gasteiger partial charge in [0.15, 0.2) is 11.6 Å². The lowest BCUT2D eigenvalue weighted by Gasteiger charge is -2.26. The third kappa shape index (κ3) is 5.22. The molecule has 2 N–H and O–H groups in total. The van der Waals surface area contributed by atoms with E-state index in [1.807, 2.05) is 6.07 Å². The molecule has 2 rings (SSSR count). The van der Waals surface area contributed by atoms with Crippen molar-refractivity contribution in [1.82, 2.24) is 5.32 Å². The van der Waals surface area contributed by atoms with Gasteiger partial charge in [-0.25, -0.2) is 4.79 Å². The molecule has 0 radical (unpaired) electrons. The monoisotopic (exact) mass is 358 g/mol. The molecule has 0 amide bonds. The molecule has 7 nitrogen and oxygen atoms in total. The summed E-state index contributed by atoms with van der Waals surface area (Å²) >= 11 is 0. The summed E-state index contributed by atoms with van der Waals surface area (Å²) in [5.41, 5.74) is 0.821. The van der Waals surface area contributed by atoms with E-state index < -0.39 is 23.8 Å². The Balaban J connectivity index is 1.99. The molecule has 2 atom stereocenters. The number of carboxylic acid groups (broad SMARTS) is 1. The molecule has 1 heterocycles. The van der Waals surface area contributed by atoms with Crippen LogP contribution in [0.5, 0.6) is 0 Å². The van der Waals surface area contributed by atoms with Crippen LogP contribution in [-0.4, -0.2) is 47.9 Å². The lowest BCUT2D eigenvalue weighted by molar-refractivity contribution is -0.163. The van der Waals surface area contributed by atoms with Crippen molar-refractivity contribution >= 4 is 17.5 Å². The molecule has 138 valence electrons. The fourth-order valence-electron chi connectivity index (χ4n) is 2.86. The van der Waals surface area contributed by atoms with Crippen LogP contribution in [0.15, 0.2) is 24.3 Å². The number of nitrogens with zero attached hydrogens (tertiary/aromatic N) is 1. The summed E-state index contributed by atoms with van der Waals surface area (Å²) < 4.78 is 5.52. The van der Waals surface area contributed by atoms with Gasteiger partial charge < -0.3 is 15.2 Å². The van der Waals surface area contributed by atoms with E-state index >= 15 is 0 Å². The van der Waals surface area contributed by atoms with Gasteiger partial charge in [-0.2, -0.15) is 5.26 Å². The number of nitriles is 1. The van der Waals surface area contributed by atoms with E-state index in [0.29, 0.717) is 24.0 Å². The molecule has 1 fully saturated rings. The Morgan fingerprint density at radius 2 is 1.88 bits per heavy atom. The number of benzene rings is 1. The van der Waals surface area contributed by atoms with E-state index in [1.54, 1.807) is 0 Å². The van der Waals surface area contributed by atoms with E-state index in [0.717, 1.165) is 13.1 Å². The number of ether oxygens (including phenoxy) is 1. The minimum Gasteiger partial charge on any atom is -0.479 e. The average molecular weight is 358 g/mol. The number of carboxylic acids is 1. The number of hydrogen-bond donors (Lipinski definition) is 2. The van der Waals surface area contributed by atoms with Gasteiger partial charge in [0, 0.05) is 17.9 Å². The van der Waals surface area contributed by atoms with E-state index in [9.17, 15) is 19.5 Å². The second-order valence-corrected chi connectivity index (χ2v) is 6.42. The SMILES string of the molecule is CC(CC(=O)c1ccc(C#N)cc1)C(=O)C(OC1CCNCC1)C(=O)O. The van der Waals surface area contributed by atoms with Gasteiger partial charge in [0.2, 0.25) is 6.10 Å². The molecule has 1 aliphatic rings. The van der Waals surface area contributed by atoms with Crippen LogP contribution in [-0.2, 0) is 14.3 Å². The number of ketones is 2. The highest BCUT2D eigenvalue weighted by Gasteiger charge is 2.34. The Kier molecular flexibility index (Phi) is 7.01. The van der Waals surface area contributed by atoms with Crippen LogP contribution in [0.2, 0.25) is 0 Å². The molecule has 0 bridgehead atoms. The van der Waals surface area contributed by atoms with Gasteiger partial charge in [0.05, 0.1) is 17.7 Å². The number of hydrogen-bond acceptors (Lipinski definition) is 6. The van der Waals surface area contributed by atoms with Gasteiger partial charge >= 0.3 is 5.97 Å². The number of carbonyl (C=O) groups is 3. The fourth-order valence-corrected chi connectivity index (χ4v) is 2.86. The van der Waals surface area contributed by atoms with E-state index in [2.05, 4.69) is 5.32 Å². The van der Waals surface area contributed by atoms with E-state index in [4.69, 9.17) is 10.00 Å². The number of Topliss-reactive ketones (excluding diaryl/α,β-unsaturated/α-hetero) is 2. The van der Waals surface area contributed by atoms with Crippen LogP contribution >= 0.6 is 0 Å². The van der Waals surface area contributed by atoms with Crippen LogP contribution in [0, 0.1) is 17.2 Å². The van der Waals surface area contributed by atoms with Crippen molar-refractivity contribution in [2.24, 2.45) is 5.92 Å². The third-order valence-electron chi connectivity index (χ3n) is 4.41. The normalized spacial score (nSPS) is 17.1. The van der Waals surface area contributed by atoms with Gasteiger partial charge in [0.25, 0.3) is 0 Å². The van der Waals surface area contributed by atoms with Gasteiger partial charge in [-0.3, -0.25) is 9.59 Å². The average Bonchev–Trinajstić information content (AvgIpc) is 2.66. The molecule has 0 aliphatic carbocycles. The summed E-state index contributed by atoms with van der Waals surface area (Å²) in [6, 6.07) is 8.07. The first-order valence-corrected chi connectivity index (χ1v) is 8.58. The smallest absolute Gasteiger partial charge is 0.340 e. The fraction of sp³-hybridized carbons (Fsp3) is 0.474. The van der Waals surface area contributed by atoms with Crippen molar-refractivity contribution in [3.63, 3.8) is 0 Å². The second kappa shape index (κ2) is 9.22. The summed E-state index contributed by atoms with van der Waals surface area (Å²) in [5, 5.41) is 21.3. The molecule has 2 unspecified atom stereocenters. The first-order valence-electron chi connectivity index (χ1n) is 8.58. The maximum Gasteiger partial charge on any atom is 0.340 e. The molecule has 0 spiro atoms.